The number of benzene rings is 1. The van der Waals surface area contributed by atoms with Crippen molar-refractivity contribution in [2.24, 2.45) is 0 Å². The number of rotatable bonds is 3. The Morgan fingerprint density at radius 1 is 1.24 bits per heavy atom. The fraction of sp³-hybridized carbons (Fsp3) is 0.167. The standard InChI is InChI=1S/C12H13N3O2/c1-8-2-4-9(5-3-8)12(17)13-7-10-6-11(16)15-14-10/h2-6H,7H2,1H3,(H,13,17)(H2,14,15,16). The first-order valence-electron chi connectivity index (χ1n) is 5.26. The van der Waals surface area contributed by atoms with Gasteiger partial charge in [-0.05, 0) is 19.1 Å². The molecule has 0 atom stereocenters. The summed E-state index contributed by atoms with van der Waals surface area (Å²) < 4.78 is 0. The van der Waals surface area contributed by atoms with Crippen LogP contribution in [0.4, 0.5) is 0 Å². The van der Waals surface area contributed by atoms with Crippen LogP contribution in [0, 0.1) is 6.92 Å². The smallest absolute Gasteiger partial charge is 0.264 e. The Kier molecular flexibility index (Phi) is 3.09. The molecule has 0 bridgehead atoms. The SMILES string of the molecule is Cc1ccc(C(=O)NCc2cc(=O)[nH][nH]2)cc1. The minimum Gasteiger partial charge on any atom is -0.346 e. The molecule has 0 aliphatic rings. The third-order valence-electron chi connectivity index (χ3n) is 2.40. The first kappa shape index (κ1) is 11.2. The topological polar surface area (TPSA) is 77.8 Å². The summed E-state index contributed by atoms with van der Waals surface area (Å²) >= 11 is 0. The molecule has 88 valence electrons. The molecule has 0 radical (unpaired) electrons. The van der Waals surface area contributed by atoms with Gasteiger partial charge in [0.15, 0.2) is 0 Å². The maximum absolute atomic E-state index is 11.7. The van der Waals surface area contributed by atoms with E-state index in [1.54, 1.807) is 12.1 Å². The van der Waals surface area contributed by atoms with E-state index in [0.29, 0.717) is 17.8 Å². The van der Waals surface area contributed by atoms with Crippen molar-refractivity contribution >= 4 is 5.91 Å². The van der Waals surface area contributed by atoms with Gasteiger partial charge in [0, 0.05) is 11.6 Å². The number of H-pyrrole nitrogens is 2. The molecule has 0 spiro atoms. The first-order chi connectivity index (χ1) is 8.15. The van der Waals surface area contributed by atoms with Crippen molar-refractivity contribution in [3.05, 3.63) is 57.5 Å². The quantitative estimate of drug-likeness (QED) is 0.735. The van der Waals surface area contributed by atoms with Crippen LogP contribution in [0.15, 0.2) is 35.1 Å². The van der Waals surface area contributed by atoms with Gasteiger partial charge < -0.3 is 10.4 Å². The molecule has 17 heavy (non-hydrogen) atoms. The number of amides is 1. The summed E-state index contributed by atoms with van der Waals surface area (Å²) in [5, 5.41) is 7.80. The van der Waals surface area contributed by atoms with Crippen LogP contribution in [-0.4, -0.2) is 16.1 Å². The molecule has 0 fully saturated rings. The summed E-state index contributed by atoms with van der Waals surface area (Å²) in [6.45, 7) is 2.26. The van der Waals surface area contributed by atoms with Crippen LogP contribution < -0.4 is 10.9 Å². The van der Waals surface area contributed by atoms with Crippen LogP contribution in [-0.2, 0) is 6.54 Å². The molecule has 0 aliphatic carbocycles. The van der Waals surface area contributed by atoms with E-state index < -0.39 is 0 Å². The summed E-state index contributed by atoms with van der Waals surface area (Å²) in [6.07, 6.45) is 0. The molecule has 5 heteroatoms. The lowest BCUT2D eigenvalue weighted by Crippen LogP contribution is -2.22. The van der Waals surface area contributed by atoms with E-state index in [9.17, 15) is 9.59 Å². The maximum atomic E-state index is 11.7. The van der Waals surface area contributed by atoms with Gasteiger partial charge in [-0.2, -0.15) is 0 Å². The van der Waals surface area contributed by atoms with Crippen molar-refractivity contribution < 1.29 is 4.79 Å². The van der Waals surface area contributed by atoms with Crippen molar-refractivity contribution in [2.75, 3.05) is 0 Å². The highest BCUT2D eigenvalue weighted by atomic mass is 16.1. The number of aromatic amines is 2. The molecular weight excluding hydrogens is 218 g/mol. The molecule has 0 aliphatic heterocycles. The van der Waals surface area contributed by atoms with Gasteiger partial charge in [0.05, 0.1) is 12.2 Å². The summed E-state index contributed by atoms with van der Waals surface area (Å²) in [5.74, 6) is -0.160. The lowest BCUT2D eigenvalue weighted by Gasteiger charge is -2.03. The van der Waals surface area contributed by atoms with E-state index in [-0.39, 0.29) is 11.5 Å². The van der Waals surface area contributed by atoms with Gasteiger partial charge in [-0.25, -0.2) is 0 Å². The van der Waals surface area contributed by atoms with Crippen molar-refractivity contribution in [3.8, 4) is 0 Å². The Morgan fingerprint density at radius 3 is 2.53 bits per heavy atom. The number of nitrogens with one attached hydrogen (secondary N) is 3. The highest BCUT2D eigenvalue weighted by molar-refractivity contribution is 5.94. The number of hydrogen-bond acceptors (Lipinski definition) is 2. The largest absolute Gasteiger partial charge is 0.346 e. The lowest BCUT2D eigenvalue weighted by atomic mass is 10.1. The summed E-state index contributed by atoms with van der Waals surface area (Å²) in [4.78, 5) is 22.6. The number of carbonyl (C=O) groups is 1. The highest BCUT2D eigenvalue weighted by Gasteiger charge is 2.05. The van der Waals surface area contributed by atoms with Gasteiger partial charge in [0.25, 0.3) is 11.5 Å². The van der Waals surface area contributed by atoms with Gasteiger partial charge in [-0.1, -0.05) is 17.7 Å². The van der Waals surface area contributed by atoms with Gasteiger partial charge in [0.1, 0.15) is 0 Å². The van der Waals surface area contributed by atoms with E-state index in [1.807, 2.05) is 19.1 Å². The summed E-state index contributed by atoms with van der Waals surface area (Å²) in [6, 6.07) is 8.71. The molecule has 2 rings (SSSR count). The highest BCUT2D eigenvalue weighted by Crippen LogP contribution is 2.03. The zero-order valence-electron chi connectivity index (χ0n) is 9.41. The van der Waals surface area contributed by atoms with Gasteiger partial charge >= 0.3 is 0 Å². The lowest BCUT2D eigenvalue weighted by molar-refractivity contribution is 0.0950. The van der Waals surface area contributed by atoms with Crippen molar-refractivity contribution in [1.29, 1.82) is 0 Å². The molecule has 0 saturated carbocycles. The molecule has 1 aromatic carbocycles. The summed E-state index contributed by atoms with van der Waals surface area (Å²) in [7, 11) is 0. The third-order valence-corrected chi connectivity index (χ3v) is 2.40. The second kappa shape index (κ2) is 4.69. The van der Waals surface area contributed by atoms with Gasteiger partial charge in [-0.3, -0.25) is 14.7 Å². The Hall–Kier alpha value is -2.30. The molecular formula is C12H13N3O2. The van der Waals surface area contributed by atoms with Crippen molar-refractivity contribution in [3.63, 3.8) is 0 Å². The van der Waals surface area contributed by atoms with Crippen molar-refractivity contribution in [1.82, 2.24) is 15.5 Å². The van der Waals surface area contributed by atoms with Crippen LogP contribution in [0.5, 0.6) is 0 Å². The van der Waals surface area contributed by atoms with Crippen LogP contribution in [0.2, 0.25) is 0 Å². The average Bonchev–Trinajstić information content (AvgIpc) is 2.73. The Labute approximate surface area is 97.9 Å². The zero-order valence-corrected chi connectivity index (χ0v) is 9.41. The Bertz CT molecular complexity index is 566. The van der Waals surface area contributed by atoms with E-state index in [1.165, 1.54) is 6.07 Å². The minimum absolute atomic E-state index is 0.160. The van der Waals surface area contributed by atoms with E-state index in [0.717, 1.165) is 5.56 Å². The molecule has 0 unspecified atom stereocenters. The molecule has 1 aromatic heterocycles. The molecule has 1 heterocycles. The second-order valence-corrected chi connectivity index (χ2v) is 3.83. The molecule has 3 N–H and O–H groups in total. The number of aromatic nitrogens is 2. The van der Waals surface area contributed by atoms with Gasteiger partial charge in [0.2, 0.25) is 0 Å². The second-order valence-electron chi connectivity index (χ2n) is 3.83. The molecule has 2 aromatic rings. The summed E-state index contributed by atoms with van der Waals surface area (Å²) in [5.41, 5.74) is 2.16. The predicted molar refractivity (Wildman–Crippen MR) is 63.8 cm³/mol. The molecule has 0 saturated heterocycles. The van der Waals surface area contributed by atoms with Crippen LogP contribution in [0.25, 0.3) is 0 Å². The van der Waals surface area contributed by atoms with E-state index in [4.69, 9.17) is 0 Å². The fourth-order valence-electron chi connectivity index (χ4n) is 1.45. The zero-order chi connectivity index (χ0) is 12.3. The number of carbonyl (C=O) groups excluding carboxylic acids is 1. The van der Waals surface area contributed by atoms with Crippen LogP contribution in [0.1, 0.15) is 21.6 Å². The predicted octanol–water partition coefficient (Wildman–Crippen LogP) is 0.941. The molecule has 5 nitrogen and oxygen atoms in total. The average molecular weight is 231 g/mol. The van der Waals surface area contributed by atoms with Crippen LogP contribution in [0.3, 0.4) is 0 Å². The first-order valence-corrected chi connectivity index (χ1v) is 5.26. The van der Waals surface area contributed by atoms with E-state index in [2.05, 4.69) is 15.5 Å². The third kappa shape index (κ3) is 2.84. The van der Waals surface area contributed by atoms with E-state index >= 15 is 0 Å². The van der Waals surface area contributed by atoms with Gasteiger partial charge in [-0.15, -0.1) is 0 Å². The maximum Gasteiger partial charge on any atom is 0.264 e. The Morgan fingerprint density at radius 2 is 1.94 bits per heavy atom. The number of hydrogen-bond donors (Lipinski definition) is 3. The van der Waals surface area contributed by atoms with Crippen molar-refractivity contribution in [2.45, 2.75) is 13.5 Å². The number of aryl methyl sites for hydroxylation is 1. The minimum atomic E-state index is -0.204. The Balaban J connectivity index is 1.98. The normalized spacial score (nSPS) is 10.2. The van der Waals surface area contributed by atoms with Crippen LogP contribution >= 0.6 is 0 Å². The molecule has 1 amide bonds. The monoisotopic (exact) mass is 231 g/mol. The fourth-order valence-corrected chi connectivity index (χ4v) is 1.45.